The van der Waals surface area contributed by atoms with E-state index >= 15 is 0 Å². The van der Waals surface area contributed by atoms with E-state index < -0.39 is 0 Å². The monoisotopic (exact) mass is 295 g/mol. The fourth-order valence-electron chi connectivity index (χ4n) is 4.19. The molecule has 0 bridgehead atoms. The lowest BCUT2D eigenvalue weighted by molar-refractivity contribution is -0.182. The standard InChI is InChI=1S/C17H29NO3/c19-16(9-8-14-5-2-1-3-6-14)18-15-7-4-10-17(13-15)20-11-12-21-17/h14-15H,1-13H2,(H,18,19)/t15-/m1/s1. The van der Waals surface area contributed by atoms with Crippen LogP contribution in [0.2, 0.25) is 0 Å². The van der Waals surface area contributed by atoms with Crippen LogP contribution in [0.5, 0.6) is 0 Å². The normalized spacial score (nSPS) is 29.6. The van der Waals surface area contributed by atoms with Gasteiger partial charge in [0.25, 0.3) is 0 Å². The molecule has 2 aliphatic carbocycles. The predicted octanol–water partition coefficient (Wildman–Crippen LogP) is 3.15. The number of hydrogen-bond donors (Lipinski definition) is 1. The summed E-state index contributed by atoms with van der Waals surface area (Å²) in [4.78, 5) is 12.2. The van der Waals surface area contributed by atoms with Gasteiger partial charge in [0.1, 0.15) is 0 Å². The number of nitrogens with one attached hydrogen (secondary N) is 1. The van der Waals surface area contributed by atoms with Gasteiger partial charge < -0.3 is 14.8 Å². The third-order valence-corrected chi connectivity index (χ3v) is 5.35. The molecule has 3 rings (SSSR count). The van der Waals surface area contributed by atoms with E-state index in [4.69, 9.17) is 9.47 Å². The van der Waals surface area contributed by atoms with Crippen molar-refractivity contribution in [3.8, 4) is 0 Å². The lowest BCUT2D eigenvalue weighted by Crippen LogP contribution is -2.46. The second-order valence-electron chi connectivity index (χ2n) is 7.01. The lowest BCUT2D eigenvalue weighted by atomic mass is 9.86. The van der Waals surface area contributed by atoms with Crippen LogP contribution in [0.25, 0.3) is 0 Å². The maximum absolute atomic E-state index is 12.2. The molecule has 4 heteroatoms. The molecule has 2 saturated carbocycles. The molecule has 21 heavy (non-hydrogen) atoms. The summed E-state index contributed by atoms with van der Waals surface area (Å²) in [6, 6.07) is 0.232. The molecule has 0 radical (unpaired) electrons. The van der Waals surface area contributed by atoms with E-state index in [1.165, 1.54) is 32.1 Å². The predicted molar refractivity (Wildman–Crippen MR) is 80.8 cm³/mol. The Balaban J connectivity index is 1.39. The Labute approximate surface area is 127 Å². The molecule has 3 aliphatic rings. The van der Waals surface area contributed by atoms with E-state index in [2.05, 4.69) is 5.32 Å². The highest BCUT2D eigenvalue weighted by Crippen LogP contribution is 2.35. The first kappa shape index (κ1) is 15.3. The zero-order valence-electron chi connectivity index (χ0n) is 13.1. The first-order valence-corrected chi connectivity index (χ1v) is 8.83. The van der Waals surface area contributed by atoms with Crippen molar-refractivity contribution in [2.75, 3.05) is 13.2 Å². The Morgan fingerprint density at radius 3 is 2.57 bits per heavy atom. The minimum absolute atomic E-state index is 0.223. The summed E-state index contributed by atoms with van der Waals surface area (Å²) >= 11 is 0. The van der Waals surface area contributed by atoms with Crippen molar-refractivity contribution < 1.29 is 14.3 Å². The lowest BCUT2D eigenvalue weighted by Gasteiger charge is -2.36. The number of rotatable bonds is 4. The van der Waals surface area contributed by atoms with E-state index in [0.717, 1.165) is 38.0 Å². The maximum atomic E-state index is 12.2. The molecule has 1 saturated heterocycles. The summed E-state index contributed by atoms with van der Waals surface area (Å²) in [6.45, 7) is 1.39. The van der Waals surface area contributed by atoms with Gasteiger partial charge in [-0.25, -0.2) is 0 Å². The van der Waals surface area contributed by atoms with Crippen molar-refractivity contribution in [2.45, 2.75) is 82.5 Å². The molecule has 1 atom stereocenters. The molecule has 3 fully saturated rings. The van der Waals surface area contributed by atoms with Crippen LogP contribution in [0.4, 0.5) is 0 Å². The van der Waals surface area contributed by atoms with Crippen LogP contribution in [0, 0.1) is 5.92 Å². The first-order chi connectivity index (χ1) is 10.3. The van der Waals surface area contributed by atoms with Crippen LogP contribution < -0.4 is 5.32 Å². The molecule has 4 nitrogen and oxygen atoms in total. The van der Waals surface area contributed by atoms with Gasteiger partial charge in [-0.1, -0.05) is 32.1 Å². The van der Waals surface area contributed by atoms with Gasteiger partial charge in [-0.3, -0.25) is 4.79 Å². The Kier molecular flexibility index (Phi) is 5.17. The molecule has 0 unspecified atom stereocenters. The van der Waals surface area contributed by atoms with Gasteiger partial charge in [-0.05, 0) is 25.2 Å². The van der Waals surface area contributed by atoms with Crippen LogP contribution >= 0.6 is 0 Å². The van der Waals surface area contributed by atoms with Crippen LogP contribution in [0.15, 0.2) is 0 Å². The third-order valence-electron chi connectivity index (χ3n) is 5.35. The van der Waals surface area contributed by atoms with Gasteiger partial charge >= 0.3 is 0 Å². The van der Waals surface area contributed by atoms with E-state index in [-0.39, 0.29) is 17.7 Å². The molecular formula is C17H29NO3. The molecule has 1 amide bonds. The highest BCUT2D eigenvalue weighted by atomic mass is 16.7. The fraction of sp³-hybridized carbons (Fsp3) is 0.941. The second-order valence-corrected chi connectivity index (χ2v) is 7.01. The minimum atomic E-state index is -0.389. The molecule has 120 valence electrons. The minimum Gasteiger partial charge on any atom is -0.353 e. The average Bonchev–Trinajstić information content (AvgIpc) is 2.94. The number of ether oxygens (including phenoxy) is 2. The highest BCUT2D eigenvalue weighted by molar-refractivity contribution is 5.76. The molecule has 1 heterocycles. The van der Waals surface area contributed by atoms with Gasteiger partial charge in [-0.15, -0.1) is 0 Å². The smallest absolute Gasteiger partial charge is 0.220 e. The Hall–Kier alpha value is -0.610. The van der Waals surface area contributed by atoms with Crippen LogP contribution in [0.1, 0.15) is 70.6 Å². The molecule has 1 N–H and O–H groups in total. The summed E-state index contributed by atoms with van der Waals surface area (Å²) < 4.78 is 11.5. The summed E-state index contributed by atoms with van der Waals surface area (Å²) in [5.41, 5.74) is 0. The Morgan fingerprint density at radius 2 is 1.81 bits per heavy atom. The topological polar surface area (TPSA) is 47.6 Å². The van der Waals surface area contributed by atoms with Crippen LogP contribution in [0.3, 0.4) is 0 Å². The molecule has 1 spiro atoms. The van der Waals surface area contributed by atoms with E-state index in [9.17, 15) is 4.79 Å². The maximum Gasteiger partial charge on any atom is 0.220 e. The Bertz CT molecular complexity index is 346. The number of hydrogen-bond acceptors (Lipinski definition) is 3. The largest absolute Gasteiger partial charge is 0.353 e. The van der Waals surface area contributed by atoms with Crippen molar-refractivity contribution >= 4 is 5.91 Å². The van der Waals surface area contributed by atoms with E-state index in [1.54, 1.807) is 0 Å². The van der Waals surface area contributed by atoms with Gasteiger partial charge in [0.15, 0.2) is 5.79 Å². The number of carbonyl (C=O) groups is 1. The zero-order valence-corrected chi connectivity index (χ0v) is 13.1. The van der Waals surface area contributed by atoms with Gasteiger partial charge in [0.05, 0.1) is 13.2 Å². The molecule has 0 aromatic rings. The summed E-state index contributed by atoms with van der Waals surface area (Å²) in [5.74, 6) is 0.615. The van der Waals surface area contributed by atoms with Gasteiger partial charge in [0, 0.05) is 25.3 Å². The van der Waals surface area contributed by atoms with Gasteiger partial charge in [0.2, 0.25) is 5.91 Å². The van der Waals surface area contributed by atoms with E-state index in [0.29, 0.717) is 19.6 Å². The molecule has 0 aromatic heterocycles. The van der Waals surface area contributed by atoms with Crippen molar-refractivity contribution in [3.05, 3.63) is 0 Å². The van der Waals surface area contributed by atoms with Crippen molar-refractivity contribution in [1.29, 1.82) is 0 Å². The SMILES string of the molecule is O=C(CCC1CCCCC1)N[C@@H]1CCCC2(C1)OCCO2. The molecule has 1 aliphatic heterocycles. The summed E-state index contributed by atoms with van der Waals surface area (Å²) in [5, 5.41) is 3.21. The molecular weight excluding hydrogens is 266 g/mol. The van der Waals surface area contributed by atoms with Crippen molar-refractivity contribution in [2.24, 2.45) is 5.92 Å². The van der Waals surface area contributed by atoms with Crippen LogP contribution in [-0.2, 0) is 14.3 Å². The third kappa shape index (κ3) is 4.19. The molecule has 0 aromatic carbocycles. The van der Waals surface area contributed by atoms with E-state index in [1.807, 2.05) is 0 Å². The average molecular weight is 295 g/mol. The summed E-state index contributed by atoms with van der Waals surface area (Å²) in [6.07, 6.45) is 12.4. The number of carbonyl (C=O) groups excluding carboxylic acids is 1. The summed E-state index contributed by atoms with van der Waals surface area (Å²) in [7, 11) is 0. The van der Waals surface area contributed by atoms with Crippen molar-refractivity contribution in [1.82, 2.24) is 5.32 Å². The van der Waals surface area contributed by atoms with Crippen molar-refractivity contribution in [3.63, 3.8) is 0 Å². The second kappa shape index (κ2) is 7.10. The highest BCUT2D eigenvalue weighted by Gasteiger charge is 2.41. The number of amides is 1. The Morgan fingerprint density at radius 1 is 1.05 bits per heavy atom. The zero-order chi connectivity index (χ0) is 14.5. The fourth-order valence-corrected chi connectivity index (χ4v) is 4.19. The van der Waals surface area contributed by atoms with Crippen LogP contribution in [-0.4, -0.2) is 30.9 Å². The quantitative estimate of drug-likeness (QED) is 0.866. The first-order valence-electron chi connectivity index (χ1n) is 8.83. The van der Waals surface area contributed by atoms with Gasteiger partial charge in [-0.2, -0.15) is 0 Å².